The van der Waals surface area contributed by atoms with Crippen LogP contribution in [0.25, 0.3) is 10.8 Å². The number of methoxy groups -OCH3 is 2. The molecule has 0 N–H and O–H groups in total. The fraction of sp³-hybridized carbons (Fsp3) is 0.167. The standard InChI is InChI=1S/C12H11O2/c1-13-11-7-8-12(14-2)10-6-4-3-5-9(10)11/h3-5,7-8H,1-2H3. The van der Waals surface area contributed by atoms with Crippen LogP contribution in [0.15, 0.2) is 30.3 Å². The zero-order valence-corrected chi connectivity index (χ0v) is 8.20. The quantitative estimate of drug-likeness (QED) is 0.719. The Labute approximate surface area is 83.1 Å². The maximum Gasteiger partial charge on any atom is 0.127 e. The van der Waals surface area contributed by atoms with Crippen LogP contribution in [0.4, 0.5) is 0 Å². The summed E-state index contributed by atoms with van der Waals surface area (Å²) >= 11 is 0. The highest BCUT2D eigenvalue weighted by Gasteiger charge is 2.05. The van der Waals surface area contributed by atoms with E-state index in [9.17, 15) is 0 Å². The second-order valence-electron chi connectivity index (χ2n) is 2.93. The molecule has 2 heteroatoms. The smallest absolute Gasteiger partial charge is 0.127 e. The summed E-state index contributed by atoms with van der Waals surface area (Å²) in [4.78, 5) is 0. The predicted octanol–water partition coefficient (Wildman–Crippen LogP) is 2.66. The zero-order valence-electron chi connectivity index (χ0n) is 8.20. The van der Waals surface area contributed by atoms with Crippen LogP contribution in [0.1, 0.15) is 0 Å². The second-order valence-corrected chi connectivity index (χ2v) is 2.93. The minimum Gasteiger partial charge on any atom is -0.496 e. The molecule has 0 bridgehead atoms. The number of hydrogen-bond donors (Lipinski definition) is 0. The highest BCUT2D eigenvalue weighted by atomic mass is 16.5. The molecule has 0 saturated carbocycles. The fourth-order valence-electron chi connectivity index (χ4n) is 1.52. The summed E-state index contributed by atoms with van der Waals surface area (Å²) < 4.78 is 10.5. The molecule has 2 rings (SSSR count). The molecule has 0 unspecified atom stereocenters. The minimum absolute atomic E-state index is 0.821. The summed E-state index contributed by atoms with van der Waals surface area (Å²) in [6.45, 7) is 0. The maximum atomic E-state index is 5.25. The number of benzene rings is 2. The van der Waals surface area contributed by atoms with E-state index < -0.39 is 0 Å². The second kappa shape index (κ2) is 3.58. The first kappa shape index (κ1) is 8.88. The van der Waals surface area contributed by atoms with E-state index in [1.54, 1.807) is 14.2 Å². The lowest BCUT2D eigenvalue weighted by molar-refractivity contribution is 0.410. The van der Waals surface area contributed by atoms with Crippen molar-refractivity contribution in [1.82, 2.24) is 0 Å². The van der Waals surface area contributed by atoms with Gasteiger partial charge in [-0.25, -0.2) is 0 Å². The van der Waals surface area contributed by atoms with Gasteiger partial charge < -0.3 is 9.47 Å². The minimum atomic E-state index is 0.821. The van der Waals surface area contributed by atoms with Crippen LogP contribution >= 0.6 is 0 Å². The summed E-state index contributed by atoms with van der Waals surface area (Å²) in [5, 5.41) is 1.98. The highest BCUT2D eigenvalue weighted by Crippen LogP contribution is 2.31. The van der Waals surface area contributed by atoms with Gasteiger partial charge in [0, 0.05) is 10.8 Å². The first-order chi connectivity index (χ1) is 6.86. The Bertz CT molecular complexity index is 407. The van der Waals surface area contributed by atoms with Crippen molar-refractivity contribution < 1.29 is 9.47 Å². The van der Waals surface area contributed by atoms with Gasteiger partial charge in [0.15, 0.2) is 0 Å². The first-order valence-corrected chi connectivity index (χ1v) is 4.38. The van der Waals surface area contributed by atoms with E-state index in [1.165, 1.54) is 0 Å². The van der Waals surface area contributed by atoms with Gasteiger partial charge in [-0.2, -0.15) is 0 Å². The Balaban J connectivity index is 2.78. The third-order valence-electron chi connectivity index (χ3n) is 2.19. The molecule has 2 aromatic rings. The predicted molar refractivity (Wildman–Crippen MR) is 55.9 cm³/mol. The van der Waals surface area contributed by atoms with Gasteiger partial charge in [0.2, 0.25) is 0 Å². The third-order valence-corrected chi connectivity index (χ3v) is 2.19. The van der Waals surface area contributed by atoms with E-state index in [0.29, 0.717) is 0 Å². The largest absolute Gasteiger partial charge is 0.496 e. The molecule has 71 valence electrons. The molecular formula is C12H11O2. The van der Waals surface area contributed by atoms with Crippen molar-refractivity contribution in [2.24, 2.45) is 0 Å². The van der Waals surface area contributed by atoms with Crippen LogP contribution in [0.2, 0.25) is 0 Å². The molecule has 0 atom stereocenters. The van der Waals surface area contributed by atoms with Crippen molar-refractivity contribution in [2.45, 2.75) is 0 Å². The van der Waals surface area contributed by atoms with Crippen LogP contribution in [0.5, 0.6) is 11.5 Å². The molecule has 0 fully saturated rings. The number of ether oxygens (including phenoxy) is 2. The van der Waals surface area contributed by atoms with Crippen molar-refractivity contribution in [3.63, 3.8) is 0 Å². The topological polar surface area (TPSA) is 18.5 Å². The van der Waals surface area contributed by atoms with E-state index in [2.05, 4.69) is 6.07 Å². The Morgan fingerprint density at radius 2 is 1.71 bits per heavy atom. The summed E-state index contributed by atoms with van der Waals surface area (Å²) in [6.07, 6.45) is 0. The van der Waals surface area contributed by atoms with Gasteiger partial charge in [-0.15, -0.1) is 0 Å². The Kier molecular flexibility index (Phi) is 2.27. The van der Waals surface area contributed by atoms with Gasteiger partial charge in [0.1, 0.15) is 11.5 Å². The van der Waals surface area contributed by atoms with Gasteiger partial charge in [-0.3, -0.25) is 0 Å². The Morgan fingerprint density at radius 3 is 2.43 bits per heavy atom. The van der Waals surface area contributed by atoms with Gasteiger partial charge >= 0.3 is 0 Å². The Morgan fingerprint density at radius 1 is 1.00 bits per heavy atom. The van der Waals surface area contributed by atoms with Crippen molar-refractivity contribution in [1.29, 1.82) is 0 Å². The SMILES string of the molecule is COc1ccc(OC)c2ccc[c]c12. The summed E-state index contributed by atoms with van der Waals surface area (Å²) in [7, 11) is 3.32. The molecule has 0 heterocycles. The van der Waals surface area contributed by atoms with Gasteiger partial charge in [0.05, 0.1) is 14.2 Å². The van der Waals surface area contributed by atoms with Gasteiger partial charge in [-0.05, 0) is 18.2 Å². The lowest BCUT2D eigenvalue weighted by atomic mass is 10.1. The van der Waals surface area contributed by atoms with Crippen LogP contribution in [-0.4, -0.2) is 14.2 Å². The number of hydrogen-bond acceptors (Lipinski definition) is 2. The molecule has 0 aliphatic rings. The van der Waals surface area contributed by atoms with Crippen LogP contribution < -0.4 is 9.47 Å². The summed E-state index contributed by atoms with van der Waals surface area (Å²) in [5.74, 6) is 1.67. The molecule has 0 aliphatic heterocycles. The van der Waals surface area contributed by atoms with Crippen molar-refractivity contribution in [2.75, 3.05) is 14.2 Å². The number of rotatable bonds is 2. The molecule has 2 nitrogen and oxygen atoms in total. The molecule has 2 aromatic carbocycles. The van der Waals surface area contributed by atoms with E-state index in [4.69, 9.17) is 9.47 Å². The molecule has 0 aromatic heterocycles. The number of fused-ring (bicyclic) bond motifs is 1. The molecular weight excluding hydrogens is 176 g/mol. The normalized spacial score (nSPS) is 10.1. The van der Waals surface area contributed by atoms with E-state index in [0.717, 1.165) is 22.3 Å². The molecule has 0 amide bonds. The van der Waals surface area contributed by atoms with Crippen molar-refractivity contribution in [3.8, 4) is 11.5 Å². The monoisotopic (exact) mass is 187 g/mol. The average molecular weight is 187 g/mol. The zero-order chi connectivity index (χ0) is 9.97. The van der Waals surface area contributed by atoms with Gasteiger partial charge in [-0.1, -0.05) is 18.2 Å². The summed E-state index contributed by atoms with van der Waals surface area (Å²) in [5.41, 5.74) is 0. The lowest BCUT2D eigenvalue weighted by Crippen LogP contribution is -1.88. The van der Waals surface area contributed by atoms with E-state index in [-0.39, 0.29) is 0 Å². The molecule has 1 radical (unpaired) electrons. The molecule has 0 aliphatic carbocycles. The summed E-state index contributed by atoms with van der Waals surface area (Å²) in [6, 6.07) is 12.7. The fourth-order valence-corrected chi connectivity index (χ4v) is 1.52. The van der Waals surface area contributed by atoms with Crippen molar-refractivity contribution in [3.05, 3.63) is 36.4 Å². The van der Waals surface area contributed by atoms with Gasteiger partial charge in [0.25, 0.3) is 0 Å². The third kappa shape index (κ3) is 1.29. The maximum absolute atomic E-state index is 5.25. The highest BCUT2D eigenvalue weighted by molar-refractivity contribution is 5.92. The average Bonchev–Trinajstić information content (AvgIpc) is 2.27. The molecule has 14 heavy (non-hydrogen) atoms. The van der Waals surface area contributed by atoms with Crippen LogP contribution in [-0.2, 0) is 0 Å². The molecule has 0 spiro atoms. The first-order valence-electron chi connectivity index (χ1n) is 4.38. The van der Waals surface area contributed by atoms with E-state index in [1.807, 2.05) is 30.3 Å². The van der Waals surface area contributed by atoms with Crippen molar-refractivity contribution >= 4 is 10.8 Å². The van der Waals surface area contributed by atoms with E-state index >= 15 is 0 Å². The van der Waals surface area contributed by atoms with Crippen LogP contribution in [0.3, 0.4) is 0 Å². The lowest BCUT2D eigenvalue weighted by Gasteiger charge is -2.08. The molecule has 0 saturated heterocycles. The van der Waals surface area contributed by atoms with Crippen LogP contribution in [0, 0.1) is 6.07 Å². The Hall–Kier alpha value is -1.70.